The van der Waals surface area contributed by atoms with Gasteiger partial charge in [-0.05, 0) is 30.7 Å². The molecule has 0 bridgehead atoms. The first kappa shape index (κ1) is 18.9. The number of fused-ring (bicyclic) bond motifs is 1. The minimum Gasteiger partial charge on any atom is -0.495 e. The van der Waals surface area contributed by atoms with Crippen LogP contribution in [-0.2, 0) is 11.3 Å². The molecule has 27 heavy (non-hydrogen) atoms. The summed E-state index contributed by atoms with van der Waals surface area (Å²) in [5.74, 6) is -0.559. The number of nitrogens with two attached hydrogens (primary N) is 1. The van der Waals surface area contributed by atoms with Crippen LogP contribution in [0.2, 0.25) is 5.02 Å². The van der Waals surface area contributed by atoms with Crippen LogP contribution in [0.4, 0.5) is 5.69 Å². The Kier molecular flexibility index (Phi) is 5.15. The average Bonchev–Trinajstić information content (AvgIpc) is 2.95. The van der Waals surface area contributed by atoms with E-state index in [-0.39, 0.29) is 16.8 Å². The molecule has 0 unspecified atom stereocenters. The minimum atomic E-state index is -0.615. The van der Waals surface area contributed by atoms with Crippen LogP contribution < -0.4 is 21.3 Å². The monoisotopic (exact) mass is 406 g/mol. The standard InChI is InChI=1S/C17H15ClN4O4S/c1-8-13-16(27-14(8)15(19)24)20-7-22(17(13)25)6-12(23)21-9-3-4-11(26-2)10(18)5-9/h3-5,7H,6H2,1-2H3,(H2,19,24)(H,21,23). The van der Waals surface area contributed by atoms with E-state index in [9.17, 15) is 14.4 Å². The van der Waals surface area contributed by atoms with Crippen molar-refractivity contribution < 1.29 is 14.3 Å². The first-order chi connectivity index (χ1) is 12.8. The van der Waals surface area contributed by atoms with Crippen molar-refractivity contribution >= 4 is 50.7 Å². The van der Waals surface area contributed by atoms with Gasteiger partial charge in [-0.2, -0.15) is 0 Å². The number of halogens is 1. The van der Waals surface area contributed by atoms with Crippen LogP contribution in [0.1, 0.15) is 15.2 Å². The summed E-state index contributed by atoms with van der Waals surface area (Å²) in [5, 5.41) is 3.30. The highest BCUT2D eigenvalue weighted by Gasteiger charge is 2.18. The fourth-order valence-electron chi connectivity index (χ4n) is 2.61. The Bertz CT molecular complexity index is 1120. The number of nitrogens with one attached hydrogen (secondary N) is 1. The number of ether oxygens (including phenoxy) is 1. The third kappa shape index (κ3) is 3.64. The molecule has 2 aromatic heterocycles. The fraction of sp³-hybridized carbons (Fsp3) is 0.176. The molecule has 8 nitrogen and oxygen atoms in total. The lowest BCUT2D eigenvalue weighted by Crippen LogP contribution is -2.28. The number of nitrogens with zero attached hydrogens (tertiary/aromatic N) is 2. The van der Waals surface area contributed by atoms with E-state index in [4.69, 9.17) is 22.1 Å². The number of methoxy groups -OCH3 is 1. The largest absolute Gasteiger partial charge is 0.495 e. The van der Waals surface area contributed by atoms with Gasteiger partial charge in [0.05, 0.1) is 28.7 Å². The second-order valence-electron chi connectivity index (χ2n) is 5.68. The van der Waals surface area contributed by atoms with Crippen molar-refractivity contribution in [2.45, 2.75) is 13.5 Å². The summed E-state index contributed by atoms with van der Waals surface area (Å²) in [5.41, 5.74) is 5.84. The van der Waals surface area contributed by atoms with E-state index in [0.717, 1.165) is 11.3 Å². The molecule has 0 aliphatic rings. The van der Waals surface area contributed by atoms with Crippen LogP contribution in [-0.4, -0.2) is 28.5 Å². The van der Waals surface area contributed by atoms with Crippen molar-refractivity contribution in [2.75, 3.05) is 12.4 Å². The fourth-order valence-corrected chi connectivity index (χ4v) is 3.86. The summed E-state index contributed by atoms with van der Waals surface area (Å²) in [6.45, 7) is 1.39. The molecule has 0 atom stereocenters. The van der Waals surface area contributed by atoms with Crippen molar-refractivity contribution in [1.29, 1.82) is 0 Å². The lowest BCUT2D eigenvalue weighted by atomic mass is 10.2. The van der Waals surface area contributed by atoms with Crippen LogP contribution >= 0.6 is 22.9 Å². The number of anilines is 1. The zero-order chi connectivity index (χ0) is 19.7. The van der Waals surface area contributed by atoms with E-state index in [1.165, 1.54) is 18.0 Å². The Morgan fingerprint density at radius 1 is 1.41 bits per heavy atom. The second-order valence-corrected chi connectivity index (χ2v) is 7.08. The SMILES string of the molecule is COc1ccc(NC(=O)Cn2cnc3sc(C(N)=O)c(C)c3c2=O)cc1Cl. The van der Waals surface area contributed by atoms with E-state index >= 15 is 0 Å². The molecule has 0 aliphatic heterocycles. The quantitative estimate of drug-likeness (QED) is 0.673. The zero-order valence-electron chi connectivity index (χ0n) is 14.4. The normalized spacial score (nSPS) is 10.8. The molecule has 0 radical (unpaired) electrons. The summed E-state index contributed by atoms with van der Waals surface area (Å²) in [6.07, 6.45) is 1.27. The third-order valence-corrected chi connectivity index (χ3v) is 5.40. The molecule has 10 heteroatoms. The van der Waals surface area contributed by atoms with Crippen LogP contribution in [0.3, 0.4) is 0 Å². The van der Waals surface area contributed by atoms with Crippen molar-refractivity contribution in [3.05, 3.63) is 50.3 Å². The number of aromatic nitrogens is 2. The zero-order valence-corrected chi connectivity index (χ0v) is 16.0. The lowest BCUT2D eigenvalue weighted by Gasteiger charge is -2.09. The van der Waals surface area contributed by atoms with Gasteiger partial charge in [0, 0.05) is 5.69 Å². The van der Waals surface area contributed by atoms with Gasteiger partial charge in [0.2, 0.25) is 5.91 Å². The Hall–Kier alpha value is -2.91. The van der Waals surface area contributed by atoms with Gasteiger partial charge < -0.3 is 15.8 Å². The number of hydrogen-bond donors (Lipinski definition) is 2. The maximum atomic E-state index is 12.7. The number of hydrogen-bond acceptors (Lipinski definition) is 6. The summed E-state index contributed by atoms with van der Waals surface area (Å²) in [6, 6.07) is 4.80. The van der Waals surface area contributed by atoms with Gasteiger partial charge in [-0.1, -0.05) is 11.6 Å². The van der Waals surface area contributed by atoms with Gasteiger partial charge in [0.25, 0.3) is 11.5 Å². The van der Waals surface area contributed by atoms with Crippen molar-refractivity contribution in [1.82, 2.24) is 9.55 Å². The van der Waals surface area contributed by atoms with Crippen LogP contribution in [0.25, 0.3) is 10.2 Å². The van der Waals surface area contributed by atoms with Gasteiger partial charge >= 0.3 is 0 Å². The van der Waals surface area contributed by atoms with Gasteiger partial charge in [-0.25, -0.2) is 4.98 Å². The smallest absolute Gasteiger partial charge is 0.262 e. The Balaban J connectivity index is 1.86. The molecule has 3 rings (SSSR count). The third-order valence-electron chi connectivity index (χ3n) is 3.89. The number of carbonyl (C=O) groups excluding carboxylic acids is 2. The first-order valence-corrected chi connectivity index (χ1v) is 8.93. The molecule has 2 heterocycles. The molecular formula is C17H15ClN4O4S. The van der Waals surface area contributed by atoms with Gasteiger partial charge in [-0.15, -0.1) is 11.3 Å². The minimum absolute atomic E-state index is 0.243. The molecule has 140 valence electrons. The molecule has 0 saturated heterocycles. The number of aryl methyl sites for hydroxylation is 1. The van der Waals surface area contributed by atoms with Crippen LogP contribution in [0, 0.1) is 6.92 Å². The van der Waals surface area contributed by atoms with E-state index < -0.39 is 17.4 Å². The number of benzene rings is 1. The molecule has 0 spiro atoms. The van der Waals surface area contributed by atoms with E-state index in [0.29, 0.717) is 26.9 Å². The van der Waals surface area contributed by atoms with Gasteiger partial charge in [0.1, 0.15) is 17.1 Å². The molecule has 2 amide bonds. The van der Waals surface area contributed by atoms with E-state index in [1.54, 1.807) is 25.1 Å². The lowest BCUT2D eigenvalue weighted by molar-refractivity contribution is -0.116. The summed E-state index contributed by atoms with van der Waals surface area (Å²) in [4.78, 5) is 41.3. The Labute approximate surface area is 162 Å². The highest BCUT2D eigenvalue weighted by molar-refractivity contribution is 7.20. The molecule has 0 saturated carbocycles. The van der Waals surface area contributed by atoms with Gasteiger partial charge in [0.15, 0.2) is 0 Å². The second kappa shape index (κ2) is 7.37. The first-order valence-electron chi connectivity index (χ1n) is 7.73. The summed E-state index contributed by atoms with van der Waals surface area (Å²) < 4.78 is 6.23. The number of thiophene rings is 1. The van der Waals surface area contributed by atoms with Crippen molar-refractivity contribution in [2.24, 2.45) is 5.73 Å². The Morgan fingerprint density at radius 2 is 2.15 bits per heavy atom. The maximum Gasteiger partial charge on any atom is 0.262 e. The highest BCUT2D eigenvalue weighted by atomic mass is 35.5. The molecule has 0 fully saturated rings. The molecule has 3 aromatic rings. The maximum absolute atomic E-state index is 12.7. The number of rotatable bonds is 5. The summed E-state index contributed by atoms with van der Waals surface area (Å²) >= 11 is 7.09. The van der Waals surface area contributed by atoms with Gasteiger partial charge in [-0.3, -0.25) is 19.0 Å². The topological polar surface area (TPSA) is 116 Å². The highest BCUT2D eigenvalue weighted by Crippen LogP contribution is 2.27. The van der Waals surface area contributed by atoms with Crippen LogP contribution in [0.5, 0.6) is 5.75 Å². The summed E-state index contributed by atoms with van der Waals surface area (Å²) in [7, 11) is 1.49. The number of amides is 2. The number of primary amides is 1. The predicted molar refractivity (Wildman–Crippen MR) is 104 cm³/mol. The molecule has 0 aliphatic carbocycles. The number of carbonyl (C=O) groups is 2. The van der Waals surface area contributed by atoms with E-state index in [1.807, 2.05) is 0 Å². The average molecular weight is 407 g/mol. The predicted octanol–water partition coefficient (Wildman–Crippen LogP) is 2.17. The molecular weight excluding hydrogens is 392 g/mol. The van der Waals surface area contributed by atoms with Crippen molar-refractivity contribution in [3.63, 3.8) is 0 Å². The van der Waals surface area contributed by atoms with Crippen molar-refractivity contribution in [3.8, 4) is 5.75 Å². The molecule has 1 aromatic carbocycles. The Morgan fingerprint density at radius 3 is 2.78 bits per heavy atom. The van der Waals surface area contributed by atoms with Crippen LogP contribution in [0.15, 0.2) is 29.3 Å². The van der Waals surface area contributed by atoms with E-state index in [2.05, 4.69) is 10.3 Å². The molecule has 3 N–H and O–H groups in total.